The fourth-order valence-electron chi connectivity index (χ4n) is 3.51. The van der Waals surface area contributed by atoms with E-state index in [1.165, 1.54) is 6.42 Å². The molecule has 1 saturated heterocycles. The van der Waals surface area contributed by atoms with Crippen LogP contribution in [0.5, 0.6) is 0 Å². The summed E-state index contributed by atoms with van der Waals surface area (Å²) >= 11 is 0. The minimum absolute atomic E-state index is 0.0939. The Bertz CT molecular complexity index is 786. The number of furan rings is 1. The van der Waals surface area contributed by atoms with Crippen LogP contribution in [0.1, 0.15) is 43.6 Å². The van der Waals surface area contributed by atoms with Gasteiger partial charge in [-0.1, -0.05) is 6.92 Å². The standard InChI is InChI=1S/C20H24N4O2/c1-14-12-17(14)18-7-5-16(26-18)6-8-19(25)23-15-4-2-11-24(13-15)20-21-9-3-10-22-20/h3,5-10,14-15,17H,2,4,11-13H2,1H3,(H,23,25)/b8-6+/t14-,15+,17+/m1/s1. The molecule has 3 atom stereocenters. The average molecular weight is 352 g/mol. The topological polar surface area (TPSA) is 71.3 Å². The van der Waals surface area contributed by atoms with Gasteiger partial charge in [0, 0.05) is 43.5 Å². The summed E-state index contributed by atoms with van der Waals surface area (Å²) in [5.74, 6) is 3.66. The second kappa shape index (κ2) is 7.32. The van der Waals surface area contributed by atoms with Crippen molar-refractivity contribution in [1.82, 2.24) is 15.3 Å². The largest absolute Gasteiger partial charge is 0.461 e. The Morgan fingerprint density at radius 3 is 2.92 bits per heavy atom. The van der Waals surface area contributed by atoms with E-state index in [1.807, 2.05) is 12.1 Å². The summed E-state index contributed by atoms with van der Waals surface area (Å²) in [6, 6.07) is 5.86. The lowest BCUT2D eigenvalue weighted by Gasteiger charge is -2.32. The van der Waals surface area contributed by atoms with Gasteiger partial charge in [-0.3, -0.25) is 4.79 Å². The molecule has 0 unspecified atom stereocenters. The molecule has 2 aliphatic rings. The summed E-state index contributed by atoms with van der Waals surface area (Å²) < 4.78 is 5.80. The number of carbonyl (C=O) groups is 1. The van der Waals surface area contributed by atoms with Crippen molar-refractivity contribution in [2.45, 2.75) is 38.1 Å². The van der Waals surface area contributed by atoms with Gasteiger partial charge in [-0.05, 0) is 49.5 Å². The van der Waals surface area contributed by atoms with E-state index in [9.17, 15) is 4.79 Å². The maximum absolute atomic E-state index is 12.2. The predicted octanol–water partition coefficient (Wildman–Crippen LogP) is 2.99. The quantitative estimate of drug-likeness (QED) is 0.838. The number of rotatable bonds is 5. The van der Waals surface area contributed by atoms with Gasteiger partial charge in [0.15, 0.2) is 0 Å². The van der Waals surface area contributed by atoms with Crippen molar-refractivity contribution in [3.63, 3.8) is 0 Å². The van der Waals surface area contributed by atoms with Crippen molar-refractivity contribution in [2.75, 3.05) is 18.0 Å². The van der Waals surface area contributed by atoms with E-state index in [4.69, 9.17) is 4.42 Å². The van der Waals surface area contributed by atoms with Crippen LogP contribution in [0.2, 0.25) is 0 Å². The van der Waals surface area contributed by atoms with Crippen LogP contribution in [0.25, 0.3) is 6.08 Å². The van der Waals surface area contributed by atoms with E-state index in [0.717, 1.165) is 43.4 Å². The molecule has 6 heteroatoms. The SMILES string of the molecule is C[C@@H]1C[C@@H]1c1ccc(/C=C/C(=O)N[C@H]2CCCN(c3ncccn3)C2)o1. The number of carbonyl (C=O) groups excluding carboxylic acids is 1. The normalized spacial score (nSPS) is 25.4. The number of nitrogens with zero attached hydrogens (tertiary/aromatic N) is 3. The Kier molecular flexibility index (Phi) is 4.73. The number of amides is 1. The van der Waals surface area contributed by atoms with E-state index < -0.39 is 0 Å². The van der Waals surface area contributed by atoms with E-state index in [-0.39, 0.29) is 11.9 Å². The number of nitrogens with one attached hydrogen (secondary N) is 1. The molecule has 1 aliphatic heterocycles. The van der Waals surface area contributed by atoms with Gasteiger partial charge in [-0.2, -0.15) is 0 Å². The lowest BCUT2D eigenvalue weighted by atomic mass is 10.1. The van der Waals surface area contributed by atoms with Gasteiger partial charge < -0.3 is 14.6 Å². The zero-order valence-corrected chi connectivity index (χ0v) is 15.0. The third-order valence-electron chi connectivity index (χ3n) is 5.12. The molecule has 0 spiro atoms. The first-order chi connectivity index (χ1) is 12.7. The second-order valence-corrected chi connectivity index (χ2v) is 7.24. The van der Waals surface area contributed by atoms with Crippen molar-refractivity contribution in [2.24, 2.45) is 5.92 Å². The fourth-order valence-corrected chi connectivity index (χ4v) is 3.51. The summed E-state index contributed by atoms with van der Waals surface area (Å²) in [4.78, 5) is 23.0. The van der Waals surface area contributed by atoms with Gasteiger partial charge in [-0.15, -0.1) is 0 Å². The van der Waals surface area contributed by atoms with Crippen molar-refractivity contribution >= 4 is 17.9 Å². The number of hydrogen-bond acceptors (Lipinski definition) is 5. The monoisotopic (exact) mass is 352 g/mol. The Balaban J connectivity index is 1.30. The van der Waals surface area contributed by atoms with Crippen molar-refractivity contribution in [3.05, 3.63) is 48.2 Å². The molecule has 4 rings (SSSR count). The number of aromatic nitrogens is 2. The van der Waals surface area contributed by atoms with Crippen LogP contribution < -0.4 is 10.2 Å². The fraction of sp³-hybridized carbons (Fsp3) is 0.450. The molecule has 0 bridgehead atoms. The molecule has 1 aliphatic carbocycles. The summed E-state index contributed by atoms with van der Waals surface area (Å²) in [7, 11) is 0. The smallest absolute Gasteiger partial charge is 0.244 e. The molecule has 1 amide bonds. The highest BCUT2D eigenvalue weighted by Gasteiger charge is 2.36. The number of hydrogen-bond donors (Lipinski definition) is 1. The van der Waals surface area contributed by atoms with Crippen molar-refractivity contribution in [3.8, 4) is 0 Å². The van der Waals surface area contributed by atoms with Gasteiger partial charge in [-0.25, -0.2) is 9.97 Å². The minimum atomic E-state index is -0.0939. The van der Waals surface area contributed by atoms with Gasteiger partial charge >= 0.3 is 0 Å². The molecule has 2 aromatic heterocycles. The molecule has 0 aromatic carbocycles. The summed E-state index contributed by atoms with van der Waals surface area (Å²) in [6.07, 6.45) is 9.95. The predicted molar refractivity (Wildman–Crippen MR) is 99.7 cm³/mol. The molecule has 3 heterocycles. The average Bonchev–Trinajstić information content (AvgIpc) is 3.21. The van der Waals surface area contributed by atoms with E-state index in [1.54, 1.807) is 30.6 Å². The maximum atomic E-state index is 12.2. The summed E-state index contributed by atoms with van der Waals surface area (Å²) in [5.41, 5.74) is 0. The zero-order chi connectivity index (χ0) is 17.9. The molecule has 2 fully saturated rings. The molecule has 1 N–H and O–H groups in total. The minimum Gasteiger partial charge on any atom is -0.461 e. The third-order valence-corrected chi connectivity index (χ3v) is 5.12. The molecule has 6 nitrogen and oxygen atoms in total. The van der Waals surface area contributed by atoms with Crippen molar-refractivity contribution in [1.29, 1.82) is 0 Å². The Labute approximate surface area is 153 Å². The van der Waals surface area contributed by atoms with Gasteiger partial charge in [0.1, 0.15) is 11.5 Å². The van der Waals surface area contributed by atoms with Crippen LogP contribution in [0.4, 0.5) is 5.95 Å². The van der Waals surface area contributed by atoms with Crippen LogP contribution in [0.15, 0.2) is 41.1 Å². The molecule has 0 radical (unpaired) electrons. The highest BCUT2D eigenvalue weighted by molar-refractivity contribution is 5.91. The summed E-state index contributed by atoms with van der Waals surface area (Å²) in [5, 5.41) is 3.07. The van der Waals surface area contributed by atoms with Gasteiger partial charge in [0.25, 0.3) is 0 Å². The van der Waals surface area contributed by atoms with E-state index >= 15 is 0 Å². The highest BCUT2D eigenvalue weighted by atomic mass is 16.3. The molecule has 136 valence electrons. The first kappa shape index (κ1) is 16.8. The Morgan fingerprint density at radius 2 is 2.15 bits per heavy atom. The maximum Gasteiger partial charge on any atom is 0.244 e. The summed E-state index contributed by atoms with van der Waals surface area (Å²) in [6.45, 7) is 3.87. The lowest BCUT2D eigenvalue weighted by Crippen LogP contribution is -2.47. The first-order valence-electron chi connectivity index (χ1n) is 9.29. The number of piperidine rings is 1. The van der Waals surface area contributed by atoms with Crippen LogP contribution in [0, 0.1) is 5.92 Å². The lowest BCUT2D eigenvalue weighted by molar-refractivity contribution is -0.117. The molecule has 1 saturated carbocycles. The molecular formula is C20H24N4O2. The van der Waals surface area contributed by atoms with E-state index in [0.29, 0.717) is 11.8 Å². The second-order valence-electron chi connectivity index (χ2n) is 7.24. The first-order valence-corrected chi connectivity index (χ1v) is 9.29. The van der Waals surface area contributed by atoms with Crippen LogP contribution in [-0.4, -0.2) is 35.0 Å². The highest BCUT2D eigenvalue weighted by Crippen LogP contribution is 2.47. The zero-order valence-electron chi connectivity index (χ0n) is 15.0. The van der Waals surface area contributed by atoms with E-state index in [2.05, 4.69) is 27.1 Å². The Morgan fingerprint density at radius 1 is 1.35 bits per heavy atom. The van der Waals surface area contributed by atoms with Crippen LogP contribution in [-0.2, 0) is 4.79 Å². The number of anilines is 1. The van der Waals surface area contributed by atoms with Crippen LogP contribution in [0.3, 0.4) is 0 Å². The molecular weight excluding hydrogens is 328 g/mol. The third kappa shape index (κ3) is 3.95. The van der Waals surface area contributed by atoms with Gasteiger partial charge in [0.2, 0.25) is 11.9 Å². The van der Waals surface area contributed by atoms with Gasteiger partial charge in [0.05, 0.1) is 0 Å². The Hall–Kier alpha value is -2.63. The van der Waals surface area contributed by atoms with Crippen molar-refractivity contribution < 1.29 is 9.21 Å². The van der Waals surface area contributed by atoms with Crippen LogP contribution >= 0.6 is 0 Å². The molecule has 2 aromatic rings. The molecule has 26 heavy (non-hydrogen) atoms.